The lowest BCUT2D eigenvalue weighted by Crippen LogP contribution is -2.50. The van der Waals surface area contributed by atoms with Crippen molar-refractivity contribution in [2.45, 2.75) is 51.1 Å². The highest BCUT2D eigenvalue weighted by Gasteiger charge is 2.25. The van der Waals surface area contributed by atoms with Gasteiger partial charge in [-0.3, -0.25) is 14.5 Å². The molecule has 3 N–H and O–H groups in total. The molecule has 2 saturated heterocycles. The quantitative estimate of drug-likeness (QED) is 0.761. The van der Waals surface area contributed by atoms with Crippen molar-refractivity contribution in [3.8, 4) is 0 Å². The van der Waals surface area contributed by atoms with Crippen molar-refractivity contribution >= 4 is 11.8 Å². The Bertz CT molecular complexity index is 359. The first-order valence-corrected chi connectivity index (χ1v) is 8.13. The van der Waals surface area contributed by atoms with Gasteiger partial charge < -0.3 is 16.0 Å². The second-order valence-corrected chi connectivity index (χ2v) is 6.19. The summed E-state index contributed by atoms with van der Waals surface area (Å²) >= 11 is 0. The molecular formula is C15H28N4O2. The largest absolute Gasteiger partial charge is 0.353 e. The number of hydrogen-bond donors (Lipinski definition) is 2. The fourth-order valence-electron chi connectivity index (χ4n) is 3.01. The Balaban J connectivity index is 1.69. The van der Waals surface area contributed by atoms with Crippen LogP contribution >= 0.6 is 0 Å². The van der Waals surface area contributed by atoms with Gasteiger partial charge in [-0.15, -0.1) is 0 Å². The average Bonchev–Trinajstić information content (AvgIpc) is 2.50. The van der Waals surface area contributed by atoms with Crippen molar-refractivity contribution in [1.29, 1.82) is 0 Å². The van der Waals surface area contributed by atoms with E-state index in [1.165, 1.54) is 0 Å². The number of amides is 2. The van der Waals surface area contributed by atoms with Gasteiger partial charge in [-0.2, -0.15) is 0 Å². The number of rotatable bonds is 4. The second kappa shape index (κ2) is 7.75. The molecule has 0 aromatic carbocycles. The van der Waals surface area contributed by atoms with Crippen molar-refractivity contribution in [3.05, 3.63) is 0 Å². The molecule has 21 heavy (non-hydrogen) atoms. The summed E-state index contributed by atoms with van der Waals surface area (Å²) in [6.45, 7) is 5.73. The summed E-state index contributed by atoms with van der Waals surface area (Å²) in [6.07, 6.45) is 4.22. The van der Waals surface area contributed by atoms with Gasteiger partial charge >= 0.3 is 0 Å². The standard InChI is InChI=1S/C15H28N4O2/c1-2-14(20)17-13-5-9-19(10-6-13)15(21)11-18-7-3-12(16)4-8-18/h12-13H,2-11,16H2,1H3,(H,17,20). The minimum Gasteiger partial charge on any atom is -0.353 e. The molecule has 2 aliphatic heterocycles. The zero-order chi connectivity index (χ0) is 15.2. The van der Waals surface area contributed by atoms with E-state index in [2.05, 4.69) is 10.2 Å². The van der Waals surface area contributed by atoms with Gasteiger partial charge in [0.15, 0.2) is 0 Å². The third-order valence-corrected chi connectivity index (χ3v) is 4.52. The maximum atomic E-state index is 12.3. The predicted molar refractivity (Wildman–Crippen MR) is 81.7 cm³/mol. The summed E-state index contributed by atoms with van der Waals surface area (Å²) in [5.41, 5.74) is 5.88. The molecule has 0 radical (unpaired) electrons. The van der Waals surface area contributed by atoms with Crippen LogP contribution in [0, 0.1) is 0 Å². The lowest BCUT2D eigenvalue weighted by atomic mass is 10.0. The van der Waals surface area contributed by atoms with Gasteiger partial charge in [-0.05, 0) is 25.7 Å². The number of nitrogens with two attached hydrogens (primary N) is 1. The van der Waals surface area contributed by atoms with E-state index in [-0.39, 0.29) is 17.9 Å². The van der Waals surface area contributed by atoms with Crippen LogP contribution in [0.25, 0.3) is 0 Å². The molecule has 0 atom stereocenters. The van der Waals surface area contributed by atoms with E-state index in [0.29, 0.717) is 19.0 Å². The van der Waals surface area contributed by atoms with Gasteiger partial charge in [0.1, 0.15) is 0 Å². The van der Waals surface area contributed by atoms with Crippen molar-refractivity contribution in [3.63, 3.8) is 0 Å². The topological polar surface area (TPSA) is 78.7 Å². The fraction of sp³-hybridized carbons (Fsp3) is 0.867. The monoisotopic (exact) mass is 296 g/mol. The number of likely N-dealkylation sites (tertiary alicyclic amines) is 2. The summed E-state index contributed by atoms with van der Waals surface area (Å²) in [6, 6.07) is 0.531. The Morgan fingerprint density at radius 3 is 2.29 bits per heavy atom. The van der Waals surface area contributed by atoms with E-state index < -0.39 is 0 Å². The Hall–Kier alpha value is -1.14. The molecule has 0 spiro atoms. The number of nitrogens with one attached hydrogen (secondary N) is 1. The molecule has 120 valence electrons. The molecule has 0 saturated carbocycles. The molecule has 6 heteroatoms. The Kier molecular flexibility index (Phi) is 5.99. The molecule has 2 aliphatic rings. The van der Waals surface area contributed by atoms with Crippen molar-refractivity contribution in [2.24, 2.45) is 5.73 Å². The van der Waals surface area contributed by atoms with Gasteiger partial charge in [-0.25, -0.2) is 0 Å². The molecule has 0 aromatic rings. The number of piperidine rings is 2. The van der Waals surface area contributed by atoms with Crippen LogP contribution in [0.2, 0.25) is 0 Å². The van der Waals surface area contributed by atoms with E-state index in [0.717, 1.165) is 51.9 Å². The van der Waals surface area contributed by atoms with Crippen LogP contribution in [0.15, 0.2) is 0 Å². The first-order chi connectivity index (χ1) is 10.1. The SMILES string of the molecule is CCC(=O)NC1CCN(C(=O)CN2CCC(N)CC2)CC1. The highest BCUT2D eigenvalue weighted by Crippen LogP contribution is 2.13. The number of nitrogens with zero attached hydrogens (tertiary/aromatic N) is 2. The molecule has 2 fully saturated rings. The average molecular weight is 296 g/mol. The molecule has 2 heterocycles. The minimum absolute atomic E-state index is 0.101. The predicted octanol–water partition coefficient (Wildman–Crippen LogP) is -0.0733. The Morgan fingerprint density at radius 2 is 1.71 bits per heavy atom. The second-order valence-electron chi connectivity index (χ2n) is 6.19. The van der Waals surface area contributed by atoms with Crippen molar-refractivity contribution in [2.75, 3.05) is 32.7 Å². The zero-order valence-electron chi connectivity index (χ0n) is 13.0. The maximum Gasteiger partial charge on any atom is 0.236 e. The zero-order valence-corrected chi connectivity index (χ0v) is 13.0. The third-order valence-electron chi connectivity index (χ3n) is 4.52. The molecule has 0 bridgehead atoms. The molecule has 6 nitrogen and oxygen atoms in total. The van der Waals surface area contributed by atoms with E-state index in [1.807, 2.05) is 11.8 Å². The Morgan fingerprint density at radius 1 is 1.10 bits per heavy atom. The summed E-state index contributed by atoms with van der Waals surface area (Å²) in [5, 5.41) is 3.01. The first-order valence-electron chi connectivity index (χ1n) is 8.13. The normalized spacial score (nSPS) is 22.3. The van der Waals surface area contributed by atoms with Crippen LogP contribution in [0.3, 0.4) is 0 Å². The maximum absolute atomic E-state index is 12.3. The fourth-order valence-corrected chi connectivity index (χ4v) is 3.01. The molecule has 2 rings (SSSR count). The van der Waals surface area contributed by atoms with Gasteiger partial charge in [0.05, 0.1) is 6.54 Å². The molecule has 0 aliphatic carbocycles. The molecule has 0 aromatic heterocycles. The van der Waals surface area contributed by atoms with Gasteiger partial charge in [0.25, 0.3) is 0 Å². The van der Waals surface area contributed by atoms with Crippen LogP contribution in [0.5, 0.6) is 0 Å². The Labute approximate surface area is 127 Å². The summed E-state index contributed by atoms with van der Waals surface area (Å²) in [7, 11) is 0. The third kappa shape index (κ3) is 4.97. The lowest BCUT2D eigenvalue weighted by Gasteiger charge is -2.35. The van der Waals surface area contributed by atoms with Crippen LogP contribution in [0.1, 0.15) is 39.0 Å². The summed E-state index contributed by atoms with van der Waals surface area (Å²) < 4.78 is 0. The van der Waals surface area contributed by atoms with Crippen LogP contribution < -0.4 is 11.1 Å². The highest BCUT2D eigenvalue weighted by molar-refractivity contribution is 5.78. The van der Waals surface area contributed by atoms with E-state index >= 15 is 0 Å². The van der Waals surface area contributed by atoms with E-state index in [4.69, 9.17) is 5.73 Å². The first kappa shape index (κ1) is 16.2. The molecular weight excluding hydrogens is 268 g/mol. The number of hydrogen-bond acceptors (Lipinski definition) is 4. The van der Waals surface area contributed by atoms with Crippen molar-refractivity contribution < 1.29 is 9.59 Å². The van der Waals surface area contributed by atoms with Gasteiger partial charge in [0.2, 0.25) is 11.8 Å². The van der Waals surface area contributed by atoms with E-state index in [9.17, 15) is 9.59 Å². The molecule has 0 unspecified atom stereocenters. The van der Waals surface area contributed by atoms with Crippen LogP contribution in [-0.4, -0.2) is 66.4 Å². The lowest BCUT2D eigenvalue weighted by molar-refractivity contribution is -0.133. The number of carbonyl (C=O) groups is 2. The smallest absolute Gasteiger partial charge is 0.236 e. The van der Waals surface area contributed by atoms with Crippen LogP contribution in [-0.2, 0) is 9.59 Å². The summed E-state index contributed by atoms with van der Waals surface area (Å²) in [5.74, 6) is 0.315. The van der Waals surface area contributed by atoms with Crippen molar-refractivity contribution in [1.82, 2.24) is 15.1 Å². The summed E-state index contributed by atoms with van der Waals surface area (Å²) in [4.78, 5) is 27.8. The highest BCUT2D eigenvalue weighted by atomic mass is 16.2. The van der Waals surface area contributed by atoms with Crippen LogP contribution in [0.4, 0.5) is 0 Å². The van der Waals surface area contributed by atoms with Gasteiger partial charge in [-0.1, -0.05) is 6.92 Å². The van der Waals surface area contributed by atoms with Gasteiger partial charge in [0, 0.05) is 44.7 Å². The van der Waals surface area contributed by atoms with E-state index in [1.54, 1.807) is 0 Å². The minimum atomic E-state index is 0.101. The molecule has 2 amide bonds. The number of carbonyl (C=O) groups excluding carboxylic acids is 2.